The summed E-state index contributed by atoms with van der Waals surface area (Å²) in [5.74, 6) is 1.66. The molecule has 2 aromatic carbocycles. The molecular formula is C23H27N3O5. The van der Waals surface area contributed by atoms with Gasteiger partial charge in [-0.25, -0.2) is 4.63 Å². The van der Waals surface area contributed by atoms with Crippen molar-refractivity contribution >= 4 is 11.7 Å². The van der Waals surface area contributed by atoms with E-state index >= 15 is 0 Å². The van der Waals surface area contributed by atoms with Crippen LogP contribution in [-0.2, 0) is 4.79 Å². The second-order valence-electron chi connectivity index (χ2n) is 6.98. The summed E-state index contributed by atoms with van der Waals surface area (Å²) in [6.07, 6.45) is -0.744. The largest absolute Gasteiger partial charge is 0.490 e. The van der Waals surface area contributed by atoms with E-state index in [0.717, 1.165) is 11.1 Å². The summed E-state index contributed by atoms with van der Waals surface area (Å²) in [6.45, 7) is 10.5. The number of aromatic nitrogens is 2. The molecule has 8 nitrogen and oxygen atoms in total. The average molecular weight is 425 g/mol. The van der Waals surface area contributed by atoms with Crippen LogP contribution in [0.5, 0.6) is 17.2 Å². The molecule has 8 heteroatoms. The molecule has 0 aliphatic heterocycles. The van der Waals surface area contributed by atoms with Crippen LogP contribution in [0.2, 0.25) is 0 Å². The van der Waals surface area contributed by atoms with Gasteiger partial charge in [0.05, 0.1) is 13.2 Å². The number of amides is 1. The number of rotatable bonds is 9. The van der Waals surface area contributed by atoms with Crippen molar-refractivity contribution in [1.29, 1.82) is 0 Å². The molecule has 0 fully saturated rings. The Morgan fingerprint density at radius 1 is 1.00 bits per heavy atom. The number of carbonyl (C=O) groups is 1. The van der Waals surface area contributed by atoms with Gasteiger partial charge in [0.15, 0.2) is 23.3 Å². The summed E-state index contributed by atoms with van der Waals surface area (Å²) in [4.78, 5) is 12.7. The Morgan fingerprint density at radius 2 is 1.74 bits per heavy atom. The Balaban J connectivity index is 1.76. The molecule has 0 aliphatic rings. The van der Waals surface area contributed by atoms with E-state index in [1.807, 2.05) is 45.9 Å². The third-order valence-corrected chi connectivity index (χ3v) is 4.71. The molecule has 1 amide bonds. The SMILES string of the molecule is CCOc1ccc(-c2nonc2NC(=O)C(C)Oc2ccc(C)c(C)c2)cc1OCC. The first-order chi connectivity index (χ1) is 14.9. The first kappa shape index (κ1) is 22.1. The van der Waals surface area contributed by atoms with Crippen molar-refractivity contribution < 1.29 is 23.6 Å². The van der Waals surface area contributed by atoms with Gasteiger partial charge in [0, 0.05) is 5.56 Å². The summed E-state index contributed by atoms with van der Waals surface area (Å²) >= 11 is 0. The van der Waals surface area contributed by atoms with Crippen molar-refractivity contribution in [1.82, 2.24) is 10.3 Å². The van der Waals surface area contributed by atoms with Crippen molar-refractivity contribution in [2.24, 2.45) is 0 Å². The summed E-state index contributed by atoms with van der Waals surface area (Å²) in [6, 6.07) is 11.1. The zero-order valence-corrected chi connectivity index (χ0v) is 18.4. The molecule has 1 unspecified atom stereocenters. The highest BCUT2D eigenvalue weighted by Gasteiger charge is 2.21. The lowest BCUT2D eigenvalue weighted by atomic mass is 10.1. The van der Waals surface area contributed by atoms with Gasteiger partial charge in [-0.3, -0.25) is 4.79 Å². The van der Waals surface area contributed by atoms with Crippen molar-refractivity contribution in [3.63, 3.8) is 0 Å². The van der Waals surface area contributed by atoms with E-state index in [1.165, 1.54) is 0 Å². The van der Waals surface area contributed by atoms with Crippen LogP contribution in [0.4, 0.5) is 5.82 Å². The second kappa shape index (κ2) is 9.97. The van der Waals surface area contributed by atoms with E-state index in [2.05, 4.69) is 15.6 Å². The molecule has 1 atom stereocenters. The molecule has 1 N–H and O–H groups in total. The molecule has 3 rings (SSSR count). The highest BCUT2D eigenvalue weighted by Crippen LogP contribution is 2.34. The molecule has 3 aromatic rings. The number of anilines is 1. The second-order valence-corrected chi connectivity index (χ2v) is 6.98. The molecule has 164 valence electrons. The molecule has 0 saturated carbocycles. The lowest BCUT2D eigenvalue weighted by Gasteiger charge is -2.15. The first-order valence-corrected chi connectivity index (χ1v) is 10.2. The minimum absolute atomic E-state index is 0.201. The number of hydrogen-bond donors (Lipinski definition) is 1. The van der Waals surface area contributed by atoms with Gasteiger partial charge < -0.3 is 19.5 Å². The highest BCUT2D eigenvalue weighted by molar-refractivity contribution is 5.96. The van der Waals surface area contributed by atoms with Gasteiger partial charge in [-0.1, -0.05) is 6.07 Å². The fourth-order valence-corrected chi connectivity index (χ4v) is 2.92. The summed E-state index contributed by atoms with van der Waals surface area (Å²) in [7, 11) is 0. The Morgan fingerprint density at radius 3 is 2.45 bits per heavy atom. The van der Waals surface area contributed by atoms with Crippen molar-refractivity contribution in [2.45, 2.75) is 40.7 Å². The fraction of sp³-hybridized carbons (Fsp3) is 0.348. The normalized spacial score (nSPS) is 11.6. The van der Waals surface area contributed by atoms with Gasteiger partial charge >= 0.3 is 0 Å². The third kappa shape index (κ3) is 5.33. The third-order valence-electron chi connectivity index (χ3n) is 4.71. The maximum atomic E-state index is 12.7. The molecule has 31 heavy (non-hydrogen) atoms. The summed E-state index contributed by atoms with van der Waals surface area (Å²) in [5, 5.41) is 10.5. The van der Waals surface area contributed by atoms with Gasteiger partial charge in [0.25, 0.3) is 5.91 Å². The predicted molar refractivity (Wildman–Crippen MR) is 117 cm³/mol. The van der Waals surface area contributed by atoms with E-state index < -0.39 is 6.10 Å². The maximum absolute atomic E-state index is 12.7. The van der Waals surface area contributed by atoms with Crippen LogP contribution in [-0.4, -0.2) is 35.5 Å². The van der Waals surface area contributed by atoms with Gasteiger partial charge in [-0.2, -0.15) is 0 Å². The molecular weight excluding hydrogens is 398 g/mol. The number of nitrogens with zero attached hydrogens (tertiary/aromatic N) is 2. The number of carbonyl (C=O) groups excluding carboxylic acids is 1. The number of hydrogen-bond acceptors (Lipinski definition) is 7. The molecule has 0 bridgehead atoms. The lowest BCUT2D eigenvalue weighted by Crippen LogP contribution is -2.30. The van der Waals surface area contributed by atoms with Gasteiger partial charge in [0.1, 0.15) is 5.75 Å². The molecule has 0 spiro atoms. The fourth-order valence-electron chi connectivity index (χ4n) is 2.92. The highest BCUT2D eigenvalue weighted by atomic mass is 16.6. The first-order valence-electron chi connectivity index (χ1n) is 10.2. The quantitative estimate of drug-likeness (QED) is 0.537. The van der Waals surface area contributed by atoms with Crippen LogP contribution in [0, 0.1) is 13.8 Å². The maximum Gasteiger partial charge on any atom is 0.266 e. The average Bonchev–Trinajstić information content (AvgIpc) is 3.20. The van der Waals surface area contributed by atoms with E-state index in [9.17, 15) is 4.79 Å². The van der Waals surface area contributed by atoms with Crippen molar-refractivity contribution in [2.75, 3.05) is 18.5 Å². The van der Waals surface area contributed by atoms with Gasteiger partial charge in [-0.15, -0.1) is 0 Å². The van der Waals surface area contributed by atoms with Crippen molar-refractivity contribution in [3.05, 3.63) is 47.5 Å². The van der Waals surface area contributed by atoms with Crippen LogP contribution in [0.15, 0.2) is 41.0 Å². The lowest BCUT2D eigenvalue weighted by molar-refractivity contribution is -0.122. The number of ether oxygens (including phenoxy) is 3. The van der Waals surface area contributed by atoms with Crippen LogP contribution < -0.4 is 19.5 Å². The molecule has 1 aromatic heterocycles. The molecule has 1 heterocycles. The molecule has 0 saturated heterocycles. The van der Waals surface area contributed by atoms with Crippen LogP contribution in [0.25, 0.3) is 11.3 Å². The van der Waals surface area contributed by atoms with E-state index in [4.69, 9.17) is 18.8 Å². The Bertz CT molecular complexity index is 1050. The zero-order chi connectivity index (χ0) is 22.4. The summed E-state index contributed by atoms with van der Waals surface area (Å²) in [5.41, 5.74) is 3.31. The smallest absolute Gasteiger partial charge is 0.266 e. The number of benzene rings is 2. The van der Waals surface area contributed by atoms with Crippen LogP contribution in [0.3, 0.4) is 0 Å². The van der Waals surface area contributed by atoms with E-state index in [-0.39, 0.29) is 11.7 Å². The Labute approximate surface area is 181 Å². The minimum Gasteiger partial charge on any atom is -0.490 e. The molecule has 0 radical (unpaired) electrons. The number of nitrogens with one attached hydrogen (secondary N) is 1. The number of aryl methyl sites for hydroxylation is 2. The van der Waals surface area contributed by atoms with Gasteiger partial charge in [0.2, 0.25) is 5.82 Å². The van der Waals surface area contributed by atoms with Crippen LogP contribution in [0.1, 0.15) is 31.9 Å². The Hall–Kier alpha value is -3.55. The molecule has 0 aliphatic carbocycles. The van der Waals surface area contributed by atoms with Crippen molar-refractivity contribution in [3.8, 4) is 28.5 Å². The zero-order valence-electron chi connectivity index (χ0n) is 18.4. The monoisotopic (exact) mass is 425 g/mol. The minimum atomic E-state index is -0.744. The topological polar surface area (TPSA) is 95.7 Å². The summed E-state index contributed by atoms with van der Waals surface area (Å²) < 4.78 is 21.9. The van der Waals surface area contributed by atoms with E-state index in [0.29, 0.717) is 41.7 Å². The predicted octanol–water partition coefficient (Wildman–Crippen LogP) is 4.56. The van der Waals surface area contributed by atoms with Crippen LogP contribution >= 0.6 is 0 Å². The van der Waals surface area contributed by atoms with E-state index in [1.54, 1.807) is 25.1 Å². The Kier molecular flexibility index (Phi) is 7.12. The standard InChI is InChI=1S/C23H27N3O5/c1-6-28-19-11-9-17(13-20(19)29-7-2)21-22(26-31-25-21)24-23(27)16(5)30-18-10-8-14(3)15(4)12-18/h8-13,16H,6-7H2,1-5H3,(H,24,26,27). The van der Waals surface area contributed by atoms with Gasteiger partial charge in [-0.05, 0) is 86.4 Å².